The van der Waals surface area contributed by atoms with E-state index in [0.29, 0.717) is 16.7 Å². The molecule has 2 aromatic rings. The molecule has 0 fully saturated rings. The second kappa shape index (κ2) is 7.12. The quantitative estimate of drug-likeness (QED) is 0.489. The maximum atomic E-state index is 13.4. The molecule has 1 N–H and O–H groups in total. The molecule has 2 aromatic carbocycles. The Labute approximate surface area is 135 Å². The van der Waals surface area contributed by atoms with Crippen LogP contribution in [0.4, 0.5) is 17.6 Å². The summed E-state index contributed by atoms with van der Waals surface area (Å²) in [5, 5.41) is 8.64. The van der Waals surface area contributed by atoms with E-state index in [4.69, 9.17) is 5.11 Å². The number of benzene rings is 2. The molecule has 0 aliphatic carbocycles. The molecule has 24 heavy (non-hydrogen) atoms. The van der Waals surface area contributed by atoms with Gasteiger partial charge in [0.1, 0.15) is 5.82 Å². The number of alkyl halides is 3. The second-order valence-electron chi connectivity index (χ2n) is 4.86. The molecule has 0 atom stereocenters. The lowest BCUT2D eigenvalue weighted by Gasteiger charge is -2.11. The minimum atomic E-state index is -4.45. The number of halogens is 4. The van der Waals surface area contributed by atoms with Crippen LogP contribution in [0.3, 0.4) is 0 Å². The number of hydrogen-bond donors (Lipinski definition) is 1. The zero-order chi connectivity index (χ0) is 17.7. The van der Waals surface area contributed by atoms with E-state index in [9.17, 15) is 22.4 Å². The first-order valence-electron chi connectivity index (χ1n) is 6.82. The summed E-state index contributed by atoms with van der Waals surface area (Å²) >= 11 is 0. The summed E-state index contributed by atoms with van der Waals surface area (Å²) in [6.45, 7) is 0. The highest BCUT2D eigenvalue weighted by molar-refractivity contribution is 5.84. The van der Waals surface area contributed by atoms with E-state index in [-0.39, 0.29) is 0 Å². The van der Waals surface area contributed by atoms with Crippen molar-refractivity contribution in [3.63, 3.8) is 0 Å². The van der Waals surface area contributed by atoms with Crippen molar-refractivity contribution in [3.05, 3.63) is 89.3 Å². The van der Waals surface area contributed by atoms with Crippen LogP contribution in [0, 0.1) is 5.82 Å². The number of carbonyl (C=O) groups is 1. The Balaban J connectivity index is 2.48. The predicted molar refractivity (Wildman–Crippen MR) is 81.7 cm³/mol. The molecular weight excluding hydrogens is 324 g/mol. The third-order valence-corrected chi connectivity index (χ3v) is 3.16. The fourth-order valence-electron chi connectivity index (χ4n) is 2.08. The van der Waals surface area contributed by atoms with Gasteiger partial charge in [-0.2, -0.15) is 13.2 Å². The van der Waals surface area contributed by atoms with Crippen LogP contribution < -0.4 is 0 Å². The van der Waals surface area contributed by atoms with E-state index in [2.05, 4.69) is 0 Å². The molecule has 124 valence electrons. The van der Waals surface area contributed by atoms with Crippen LogP contribution in [0.5, 0.6) is 0 Å². The number of rotatable bonds is 4. The van der Waals surface area contributed by atoms with Crippen LogP contribution in [0.1, 0.15) is 16.7 Å². The van der Waals surface area contributed by atoms with Gasteiger partial charge in [-0.05, 0) is 41.0 Å². The SMILES string of the molecule is O=C(O)C=CC=C(c1ccc(C(F)(F)F)cc1)c1cccc(F)c1. The zero-order valence-electron chi connectivity index (χ0n) is 12.2. The van der Waals surface area contributed by atoms with Gasteiger partial charge in [0.2, 0.25) is 0 Å². The monoisotopic (exact) mass is 336 g/mol. The Morgan fingerprint density at radius 2 is 1.67 bits per heavy atom. The molecule has 2 nitrogen and oxygen atoms in total. The summed E-state index contributed by atoms with van der Waals surface area (Å²) in [6, 6.07) is 9.86. The van der Waals surface area contributed by atoms with Crippen LogP contribution in [-0.2, 0) is 11.0 Å². The molecule has 0 unspecified atom stereocenters. The highest BCUT2D eigenvalue weighted by Gasteiger charge is 2.30. The first-order valence-corrected chi connectivity index (χ1v) is 6.82. The van der Waals surface area contributed by atoms with Crippen molar-refractivity contribution in [2.24, 2.45) is 0 Å². The van der Waals surface area contributed by atoms with Crippen LogP contribution in [-0.4, -0.2) is 11.1 Å². The molecule has 0 aliphatic heterocycles. The smallest absolute Gasteiger partial charge is 0.416 e. The average Bonchev–Trinajstić information content (AvgIpc) is 2.50. The molecular formula is C18H12F4O2. The normalized spacial score (nSPS) is 12.6. The minimum Gasteiger partial charge on any atom is -0.478 e. The topological polar surface area (TPSA) is 37.3 Å². The highest BCUT2D eigenvalue weighted by atomic mass is 19.4. The number of allylic oxidation sites excluding steroid dienone is 2. The number of hydrogen-bond acceptors (Lipinski definition) is 1. The Hall–Kier alpha value is -2.89. The van der Waals surface area contributed by atoms with Gasteiger partial charge in [0.15, 0.2) is 0 Å². The van der Waals surface area contributed by atoms with E-state index in [1.165, 1.54) is 42.5 Å². The largest absolute Gasteiger partial charge is 0.478 e. The van der Waals surface area contributed by atoms with Crippen LogP contribution in [0.25, 0.3) is 5.57 Å². The molecule has 0 bridgehead atoms. The first kappa shape index (κ1) is 17.5. The van der Waals surface area contributed by atoms with Crippen molar-refractivity contribution < 1.29 is 27.5 Å². The summed E-state index contributed by atoms with van der Waals surface area (Å²) in [5.74, 6) is -1.68. The van der Waals surface area contributed by atoms with Gasteiger partial charge in [0.25, 0.3) is 0 Å². The Morgan fingerprint density at radius 3 is 2.21 bits per heavy atom. The molecule has 2 rings (SSSR count). The van der Waals surface area contributed by atoms with Crippen LogP contribution in [0.2, 0.25) is 0 Å². The number of carboxylic acids is 1. The summed E-state index contributed by atoms with van der Waals surface area (Å²) in [7, 11) is 0. The van der Waals surface area contributed by atoms with Gasteiger partial charge in [-0.3, -0.25) is 0 Å². The van der Waals surface area contributed by atoms with E-state index in [0.717, 1.165) is 18.2 Å². The molecule has 6 heteroatoms. The van der Waals surface area contributed by atoms with E-state index >= 15 is 0 Å². The highest BCUT2D eigenvalue weighted by Crippen LogP contribution is 2.31. The molecule has 0 radical (unpaired) electrons. The molecule has 0 aromatic heterocycles. The van der Waals surface area contributed by atoms with Crippen molar-refractivity contribution in [1.82, 2.24) is 0 Å². The molecule has 0 amide bonds. The van der Waals surface area contributed by atoms with Crippen LogP contribution in [0.15, 0.2) is 66.8 Å². The van der Waals surface area contributed by atoms with Crippen molar-refractivity contribution >= 4 is 11.5 Å². The Bertz CT molecular complexity index is 787. The third-order valence-electron chi connectivity index (χ3n) is 3.16. The zero-order valence-corrected chi connectivity index (χ0v) is 12.2. The lowest BCUT2D eigenvalue weighted by Crippen LogP contribution is -2.04. The Morgan fingerprint density at radius 1 is 1.00 bits per heavy atom. The standard InChI is InChI=1S/C18H12F4O2/c19-15-4-1-3-13(11-15)16(5-2-6-17(23)24)12-7-9-14(10-8-12)18(20,21)22/h1-11H,(H,23,24). The van der Waals surface area contributed by atoms with Crippen molar-refractivity contribution in [2.45, 2.75) is 6.18 Å². The number of carboxylic acid groups (broad SMARTS) is 1. The summed E-state index contributed by atoms with van der Waals surface area (Å²) < 4.78 is 51.4. The number of aliphatic carboxylic acids is 1. The van der Waals surface area contributed by atoms with Gasteiger partial charge in [0.05, 0.1) is 5.56 Å². The van der Waals surface area contributed by atoms with Crippen molar-refractivity contribution in [3.8, 4) is 0 Å². The third kappa shape index (κ3) is 4.55. The fourth-order valence-corrected chi connectivity index (χ4v) is 2.08. The molecule has 0 saturated heterocycles. The first-order chi connectivity index (χ1) is 11.3. The van der Waals surface area contributed by atoms with Crippen molar-refractivity contribution in [2.75, 3.05) is 0 Å². The van der Waals surface area contributed by atoms with E-state index in [1.807, 2.05) is 0 Å². The van der Waals surface area contributed by atoms with Gasteiger partial charge in [-0.1, -0.05) is 36.4 Å². The van der Waals surface area contributed by atoms with E-state index in [1.54, 1.807) is 6.07 Å². The maximum absolute atomic E-state index is 13.4. The maximum Gasteiger partial charge on any atom is 0.416 e. The van der Waals surface area contributed by atoms with Gasteiger partial charge in [0, 0.05) is 6.08 Å². The summed E-state index contributed by atoms with van der Waals surface area (Å²) in [4.78, 5) is 10.6. The molecule has 0 aliphatic rings. The lowest BCUT2D eigenvalue weighted by atomic mass is 9.96. The van der Waals surface area contributed by atoms with Crippen LogP contribution >= 0.6 is 0 Å². The minimum absolute atomic E-state index is 0.403. The average molecular weight is 336 g/mol. The van der Waals surface area contributed by atoms with Gasteiger partial charge < -0.3 is 5.11 Å². The summed E-state index contributed by atoms with van der Waals surface area (Å²) in [6.07, 6.45) is -0.931. The summed E-state index contributed by atoms with van der Waals surface area (Å²) in [5.41, 5.74) is 0.431. The molecule has 0 saturated carbocycles. The van der Waals surface area contributed by atoms with Crippen molar-refractivity contribution in [1.29, 1.82) is 0 Å². The van der Waals surface area contributed by atoms with E-state index < -0.39 is 23.5 Å². The lowest BCUT2D eigenvalue weighted by molar-refractivity contribution is -0.137. The van der Waals surface area contributed by atoms with Gasteiger partial charge in [-0.15, -0.1) is 0 Å². The second-order valence-corrected chi connectivity index (χ2v) is 4.86. The Kier molecular flexibility index (Phi) is 5.18. The fraction of sp³-hybridized carbons (Fsp3) is 0.0556. The molecule has 0 spiro atoms. The predicted octanol–water partition coefficient (Wildman–Crippen LogP) is 4.92. The van der Waals surface area contributed by atoms with Gasteiger partial charge in [-0.25, -0.2) is 9.18 Å². The van der Waals surface area contributed by atoms with Gasteiger partial charge >= 0.3 is 12.1 Å². The molecule has 0 heterocycles.